The van der Waals surface area contributed by atoms with E-state index in [1.165, 1.54) is 11.5 Å². The molecule has 0 fully saturated rings. The Labute approximate surface area is 103 Å². The highest BCUT2D eigenvalue weighted by atomic mass is 32.1. The van der Waals surface area contributed by atoms with Crippen molar-refractivity contribution < 1.29 is 0 Å². The van der Waals surface area contributed by atoms with Crippen LogP contribution in [0.15, 0.2) is 5.38 Å². The van der Waals surface area contributed by atoms with E-state index in [-0.39, 0.29) is 0 Å². The van der Waals surface area contributed by atoms with Gasteiger partial charge in [0.25, 0.3) is 0 Å². The summed E-state index contributed by atoms with van der Waals surface area (Å²) in [7, 11) is 0. The summed E-state index contributed by atoms with van der Waals surface area (Å²) in [5, 5.41) is 7.28. The average Bonchev–Trinajstić information content (AvgIpc) is 2.76. The number of aryl methyl sites for hydroxylation is 1. The molecular weight excluding hydrogens is 240 g/mol. The summed E-state index contributed by atoms with van der Waals surface area (Å²) in [6, 6.07) is 0.391. The Morgan fingerprint density at radius 3 is 2.81 bits per heavy atom. The topological polar surface area (TPSA) is 50.7 Å². The lowest BCUT2D eigenvalue weighted by Crippen LogP contribution is -2.09. The predicted octanol–water partition coefficient (Wildman–Crippen LogP) is 2.71. The van der Waals surface area contributed by atoms with Crippen molar-refractivity contribution in [1.29, 1.82) is 0 Å². The highest BCUT2D eigenvalue weighted by Gasteiger charge is 2.07. The number of hydrogen-bond acceptors (Lipinski definition) is 6. The van der Waals surface area contributed by atoms with E-state index in [1.807, 2.05) is 6.92 Å². The van der Waals surface area contributed by atoms with Gasteiger partial charge in [0.1, 0.15) is 0 Å². The van der Waals surface area contributed by atoms with Crippen molar-refractivity contribution in [1.82, 2.24) is 14.3 Å². The highest BCUT2D eigenvalue weighted by Crippen LogP contribution is 2.16. The monoisotopic (exact) mass is 254 g/mol. The molecule has 0 amide bonds. The van der Waals surface area contributed by atoms with E-state index in [4.69, 9.17) is 0 Å². The third-order valence-electron chi connectivity index (χ3n) is 1.89. The normalized spacial score (nSPS) is 11.0. The second-order valence-electron chi connectivity index (χ2n) is 3.85. The lowest BCUT2D eigenvalue weighted by atomic mass is 10.3. The maximum atomic E-state index is 4.42. The van der Waals surface area contributed by atoms with Crippen LogP contribution in [-0.2, 0) is 6.42 Å². The smallest absolute Gasteiger partial charge is 0.202 e. The number of aromatic nitrogens is 3. The Bertz CT molecular complexity index is 461. The van der Waals surface area contributed by atoms with E-state index in [2.05, 4.69) is 38.9 Å². The van der Waals surface area contributed by atoms with E-state index in [1.54, 1.807) is 11.3 Å². The Morgan fingerprint density at radius 1 is 1.38 bits per heavy atom. The summed E-state index contributed by atoms with van der Waals surface area (Å²) < 4.78 is 4.31. The first-order valence-corrected chi connectivity index (χ1v) is 6.79. The van der Waals surface area contributed by atoms with Gasteiger partial charge in [0.15, 0.2) is 5.82 Å². The van der Waals surface area contributed by atoms with Crippen molar-refractivity contribution in [2.45, 2.75) is 33.2 Å². The molecule has 0 saturated heterocycles. The second-order valence-corrected chi connectivity index (χ2v) is 5.66. The summed E-state index contributed by atoms with van der Waals surface area (Å²) in [5.74, 6) is 0.846. The molecule has 0 aromatic carbocycles. The first-order chi connectivity index (χ1) is 7.63. The molecule has 2 heterocycles. The van der Waals surface area contributed by atoms with Crippen molar-refractivity contribution >= 4 is 28.0 Å². The number of nitrogens with one attached hydrogen (secondary N) is 1. The number of nitrogens with zero attached hydrogens (tertiary/aromatic N) is 3. The summed E-state index contributed by atoms with van der Waals surface area (Å²) in [6.45, 7) is 6.18. The zero-order valence-corrected chi connectivity index (χ0v) is 11.2. The Kier molecular flexibility index (Phi) is 3.50. The fourth-order valence-electron chi connectivity index (χ4n) is 1.28. The molecular formula is C10H14N4S2. The minimum Gasteiger partial charge on any atom is -0.358 e. The standard InChI is InChI=1S/C10H14N4S2/c1-6(2)11-10-13-9(14-16-10)4-8-5-15-7(3)12-8/h5-6H,4H2,1-3H3,(H,11,13,14). The van der Waals surface area contributed by atoms with Gasteiger partial charge in [-0.3, -0.25) is 0 Å². The van der Waals surface area contributed by atoms with Gasteiger partial charge in [0, 0.05) is 23.0 Å². The van der Waals surface area contributed by atoms with Gasteiger partial charge in [-0.05, 0) is 20.8 Å². The predicted molar refractivity (Wildman–Crippen MR) is 68.3 cm³/mol. The largest absolute Gasteiger partial charge is 0.358 e. The summed E-state index contributed by atoms with van der Waals surface area (Å²) in [4.78, 5) is 8.81. The Hall–Kier alpha value is -1.01. The van der Waals surface area contributed by atoms with Crippen LogP contribution in [0.4, 0.5) is 5.13 Å². The zero-order valence-electron chi connectivity index (χ0n) is 9.52. The second kappa shape index (κ2) is 4.88. The minimum absolute atomic E-state index is 0.391. The van der Waals surface area contributed by atoms with Crippen LogP contribution in [-0.4, -0.2) is 20.4 Å². The molecule has 16 heavy (non-hydrogen) atoms. The lowest BCUT2D eigenvalue weighted by Gasteiger charge is -2.03. The molecule has 0 aliphatic heterocycles. The Morgan fingerprint density at radius 2 is 2.19 bits per heavy atom. The van der Waals surface area contributed by atoms with Gasteiger partial charge in [-0.15, -0.1) is 11.3 Å². The van der Waals surface area contributed by atoms with E-state index in [0.29, 0.717) is 6.04 Å². The quantitative estimate of drug-likeness (QED) is 0.911. The molecule has 0 aliphatic rings. The summed E-state index contributed by atoms with van der Waals surface area (Å²) in [6.07, 6.45) is 0.723. The maximum Gasteiger partial charge on any atom is 0.202 e. The highest BCUT2D eigenvalue weighted by molar-refractivity contribution is 7.10. The molecule has 86 valence electrons. The van der Waals surface area contributed by atoms with E-state index in [0.717, 1.165) is 28.1 Å². The maximum absolute atomic E-state index is 4.42. The van der Waals surface area contributed by atoms with E-state index < -0.39 is 0 Å². The van der Waals surface area contributed by atoms with Crippen LogP contribution >= 0.6 is 22.9 Å². The van der Waals surface area contributed by atoms with Crippen LogP contribution in [0.3, 0.4) is 0 Å². The molecule has 0 unspecified atom stereocenters. The summed E-state index contributed by atoms with van der Waals surface area (Å²) >= 11 is 3.07. The minimum atomic E-state index is 0.391. The van der Waals surface area contributed by atoms with Crippen molar-refractivity contribution in [2.75, 3.05) is 5.32 Å². The van der Waals surface area contributed by atoms with E-state index >= 15 is 0 Å². The first kappa shape index (κ1) is 11.5. The molecule has 2 rings (SSSR count). The van der Waals surface area contributed by atoms with Crippen LogP contribution in [0, 0.1) is 6.92 Å². The summed E-state index contributed by atoms with van der Waals surface area (Å²) in [5.41, 5.74) is 1.05. The number of rotatable bonds is 4. The molecule has 6 heteroatoms. The van der Waals surface area contributed by atoms with Crippen LogP contribution < -0.4 is 5.32 Å². The molecule has 1 N–H and O–H groups in total. The van der Waals surface area contributed by atoms with Gasteiger partial charge in [-0.2, -0.15) is 4.37 Å². The fraction of sp³-hybridized carbons (Fsp3) is 0.500. The average molecular weight is 254 g/mol. The van der Waals surface area contributed by atoms with Crippen molar-refractivity contribution in [3.05, 3.63) is 21.9 Å². The lowest BCUT2D eigenvalue weighted by molar-refractivity contribution is 0.890. The number of thiazole rings is 1. The zero-order chi connectivity index (χ0) is 11.5. The van der Waals surface area contributed by atoms with Gasteiger partial charge in [0.2, 0.25) is 5.13 Å². The fourth-order valence-corrected chi connectivity index (χ4v) is 2.63. The molecule has 2 aromatic heterocycles. The third-order valence-corrected chi connectivity index (χ3v) is 3.39. The van der Waals surface area contributed by atoms with Gasteiger partial charge in [-0.25, -0.2) is 9.97 Å². The van der Waals surface area contributed by atoms with Crippen molar-refractivity contribution in [3.8, 4) is 0 Å². The molecule has 0 atom stereocenters. The van der Waals surface area contributed by atoms with Gasteiger partial charge in [-0.1, -0.05) is 0 Å². The van der Waals surface area contributed by atoms with Crippen LogP contribution in [0.1, 0.15) is 30.4 Å². The van der Waals surface area contributed by atoms with Gasteiger partial charge >= 0.3 is 0 Å². The van der Waals surface area contributed by atoms with E-state index in [9.17, 15) is 0 Å². The first-order valence-electron chi connectivity index (χ1n) is 5.13. The molecule has 0 radical (unpaired) electrons. The molecule has 0 saturated carbocycles. The third kappa shape index (κ3) is 2.99. The molecule has 4 nitrogen and oxygen atoms in total. The van der Waals surface area contributed by atoms with Crippen molar-refractivity contribution in [3.63, 3.8) is 0 Å². The van der Waals surface area contributed by atoms with Crippen LogP contribution in [0.5, 0.6) is 0 Å². The molecule has 0 bridgehead atoms. The molecule has 0 aliphatic carbocycles. The van der Waals surface area contributed by atoms with Crippen LogP contribution in [0.25, 0.3) is 0 Å². The van der Waals surface area contributed by atoms with Crippen LogP contribution in [0.2, 0.25) is 0 Å². The van der Waals surface area contributed by atoms with Gasteiger partial charge < -0.3 is 5.32 Å². The molecule has 0 spiro atoms. The Balaban J connectivity index is 2.02. The van der Waals surface area contributed by atoms with Gasteiger partial charge in [0.05, 0.1) is 17.1 Å². The number of hydrogen-bond donors (Lipinski definition) is 1. The van der Waals surface area contributed by atoms with Crippen molar-refractivity contribution in [2.24, 2.45) is 0 Å². The SMILES string of the molecule is Cc1nc(Cc2nsc(NC(C)C)n2)cs1. The number of anilines is 1. The molecule has 2 aromatic rings.